The molecule has 33 heavy (non-hydrogen) atoms. The highest BCUT2D eigenvalue weighted by molar-refractivity contribution is 7.08. The molecule has 1 atom stereocenters. The van der Waals surface area contributed by atoms with Crippen LogP contribution in [0, 0.1) is 12.8 Å². The molecule has 4 rings (SSSR count). The molecule has 0 aliphatic carbocycles. The quantitative estimate of drug-likeness (QED) is 0.351. The Balaban J connectivity index is 1.33. The lowest BCUT2D eigenvalue weighted by molar-refractivity contribution is 0.0940. The van der Waals surface area contributed by atoms with Gasteiger partial charge in [0, 0.05) is 47.7 Å². The largest absolute Gasteiger partial charge is 0.489 e. The Morgan fingerprint density at radius 2 is 2.00 bits per heavy atom. The Labute approximate surface area is 194 Å². The maximum absolute atomic E-state index is 12.5. The van der Waals surface area contributed by atoms with E-state index in [1.54, 1.807) is 24.3 Å². The van der Waals surface area contributed by atoms with Crippen molar-refractivity contribution in [2.45, 2.75) is 20.0 Å². The SMILES string of the molecule is Cc1cc(COc2ccc(C(=O)NCC(CO)Cc3n[nH]c(=O)s3)cc2)c2ccccc2n1. The van der Waals surface area contributed by atoms with Gasteiger partial charge in [-0.1, -0.05) is 29.5 Å². The van der Waals surface area contributed by atoms with Crippen LogP contribution in [0.25, 0.3) is 10.9 Å². The first-order chi connectivity index (χ1) is 16.0. The van der Waals surface area contributed by atoms with Gasteiger partial charge in [-0.05, 0) is 43.3 Å². The summed E-state index contributed by atoms with van der Waals surface area (Å²) in [6.07, 6.45) is 0.413. The summed E-state index contributed by atoms with van der Waals surface area (Å²) < 4.78 is 5.95. The zero-order valence-electron chi connectivity index (χ0n) is 18.1. The first-order valence-corrected chi connectivity index (χ1v) is 11.3. The molecule has 0 spiro atoms. The van der Waals surface area contributed by atoms with Crippen LogP contribution >= 0.6 is 11.3 Å². The van der Waals surface area contributed by atoms with E-state index in [0.717, 1.165) is 33.5 Å². The molecule has 2 aromatic carbocycles. The standard InChI is InChI=1S/C24H24N4O4S/c1-15-10-18(20-4-2-3-5-21(20)26-15)14-32-19-8-6-17(7-9-19)23(30)25-12-16(13-29)11-22-27-28-24(31)33-22/h2-10,16,29H,11-14H2,1H3,(H,25,30)(H,28,31). The molecule has 8 nitrogen and oxygen atoms in total. The Bertz CT molecular complexity index is 1300. The molecule has 0 saturated heterocycles. The molecule has 0 fully saturated rings. The highest BCUT2D eigenvalue weighted by Crippen LogP contribution is 2.21. The van der Waals surface area contributed by atoms with Gasteiger partial charge in [0.2, 0.25) is 0 Å². The molecular formula is C24H24N4O4S. The second-order valence-electron chi connectivity index (χ2n) is 7.72. The number of aromatic nitrogens is 3. The lowest BCUT2D eigenvalue weighted by Crippen LogP contribution is -2.31. The van der Waals surface area contributed by atoms with Crippen LogP contribution in [0.15, 0.2) is 59.4 Å². The number of ether oxygens (including phenoxy) is 1. The minimum Gasteiger partial charge on any atom is -0.489 e. The third-order valence-electron chi connectivity index (χ3n) is 5.20. The van der Waals surface area contributed by atoms with E-state index in [4.69, 9.17) is 4.74 Å². The number of hydrogen-bond acceptors (Lipinski definition) is 7. The number of hydrogen-bond donors (Lipinski definition) is 3. The van der Waals surface area contributed by atoms with Crippen molar-refractivity contribution in [2.24, 2.45) is 5.92 Å². The minimum atomic E-state index is -0.244. The van der Waals surface area contributed by atoms with Crippen LogP contribution in [0.2, 0.25) is 0 Å². The normalized spacial score (nSPS) is 11.9. The summed E-state index contributed by atoms with van der Waals surface area (Å²) in [5.74, 6) is 0.187. The van der Waals surface area contributed by atoms with Crippen LogP contribution in [-0.2, 0) is 13.0 Å². The fraction of sp³-hybridized carbons (Fsp3) is 0.250. The van der Waals surface area contributed by atoms with E-state index in [1.165, 1.54) is 0 Å². The molecule has 9 heteroatoms. The fourth-order valence-electron chi connectivity index (χ4n) is 3.51. The number of fused-ring (bicyclic) bond motifs is 1. The topological polar surface area (TPSA) is 117 Å². The van der Waals surface area contributed by atoms with Crippen LogP contribution in [0.3, 0.4) is 0 Å². The number of nitrogens with one attached hydrogen (secondary N) is 2. The lowest BCUT2D eigenvalue weighted by atomic mass is 10.1. The molecule has 1 unspecified atom stereocenters. The van der Waals surface area contributed by atoms with Gasteiger partial charge in [0.25, 0.3) is 5.91 Å². The van der Waals surface area contributed by atoms with Gasteiger partial charge in [-0.15, -0.1) is 0 Å². The summed E-state index contributed by atoms with van der Waals surface area (Å²) in [7, 11) is 0. The Morgan fingerprint density at radius 3 is 2.73 bits per heavy atom. The molecule has 0 radical (unpaired) electrons. The summed E-state index contributed by atoms with van der Waals surface area (Å²) in [6, 6.07) is 16.9. The minimum absolute atomic E-state index is 0.121. The Hall–Kier alpha value is -3.56. The van der Waals surface area contributed by atoms with Crippen LogP contribution in [0.1, 0.15) is 26.6 Å². The molecular weight excluding hydrogens is 440 g/mol. The molecule has 1 amide bonds. The van der Waals surface area contributed by atoms with E-state index in [1.807, 2.05) is 37.3 Å². The van der Waals surface area contributed by atoms with Gasteiger partial charge in [0.1, 0.15) is 17.4 Å². The van der Waals surface area contributed by atoms with Crippen LogP contribution in [0.5, 0.6) is 5.75 Å². The van der Waals surface area contributed by atoms with E-state index in [9.17, 15) is 14.7 Å². The second kappa shape index (κ2) is 10.4. The summed E-state index contributed by atoms with van der Waals surface area (Å²) >= 11 is 1.00. The van der Waals surface area contributed by atoms with E-state index in [-0.39, 0.29) is 29.8 Å². The van der Waals surface area contributed by atoms with Gasteiger partial charge in [-0.25, -0.2) is 5.10 Å². The number of amides is 1. The molecule has 3 N–H and O–H groups in total. The number of benzene rings is 2. The highest BCUT2D eigenvalue weighted by Gasteiger charge is 2.14. The van der Waals surface area contributed by atoms with E-state index < -0.39 is 0 Å². The summed E-state index contributed by atoms with van der Waals surface area (Å²) in [4.78, 5) is 28.0. The van der Waals surface area contributed by atoms with Gasteiger partial charge in [-0.3, -0.25) is 14.6 Å². The van der Waals surface area contributed by atoms with Gasteiger partial charge in [0.05, 0.1) is 5.52 Å². The number of para-hydroxylation sites is 1. The van der Waals surface area contributed by atoms with Gasteiger partial charge >= 0.3 is 4.87 Å². The number of nitrogens with zero attached hydrogens (tertiary/aromatic N) is 2. The van der Waals surface area contributed by atoms with E-state index in [0.29, 0.717) is 29.3 Å². The number of aromatic amines is 1. The van der Waals surface area contributed by atoms with Crippen molar-refractivity contribution in [3.63, 3.8) is 0 Å². The van der Waals surface area contributed by atoms with Gasteiger partial charge in [0.15, 0.2) is 0 Å². The molecule has 170 valence electrons. The molecule has 2 heterocycles. The predicted molar refractivity (Wildman–Crippen MR) is 127 cm³/mol. The summed E-state index contributed by atoms with van der Waals surface area (Å²) in [6.45, 7) is 2.51. The van der Waals surface area contributed by atoms with Crippen molar-refractivity contribution >= 4 is 28.1 Å². The molecule has 2 aromatic heterocycles. The van der Waals surface area contributed by atoms with Crippen molar-refractivity contribution in [2.75, 3.05) is 13.2 Å². The average Bonchev–Trinajstić information content (AvgIpc) is 3.24. The fourth-order valence-corrected chi connectivity index (χ4v) is 4.23. The van der Waals surface area contributed by atoms with Crippen LogP contribution in [0.4, 0.5) is 0 Å². The number of H-pyrrole nitrogens is 1. The molecule has 4 aromatic rings. The predicted octanol–water partition coefficient (Wildman–Crippen LogP) is 2.85. The third kappa shape index (κ3) is 5.82. The molecule has 0 aliphatic rings. The number of aliphatic hydroxyl groups excluding tert-OH is 1. The maximum Gasteiger partial charge on any atom is 0.322 e. The first kappa shape index (κ1) is 22.6. The van der Waals surface area contributed by atoms with Gasteiger partial charge < -0.3 is 15.2 Å². The number of carbonyl (C=O) groups is 1. The Morgan fingerprint density at radius 1 is 1.21 bits per heavy atom. The monoisotopic (exact) mass is 464 g/mol. The number of carbonyl (C=O) groups excluding carboxylic acids is 1. The van der Waals surface area contributed by atoms with Crippen LogP contribution < -0.4 is 14.9 Å². The second-order valence-corrected chi connectivity index (χ2v) is 8.77. The van der Waals surface area contributed by atoms with Crippen molar-refractivity contribution in [3.8, 4) is 5.75 Å². The Kier molecular flexibility index (Phi) is 7.11. The highest BCUT2D eigenvalue weighted by atomic mass is 32.1. The van der Waals surface area contributed by atoms with E-state index >= 15 is 0 Å². The smallest absolute Gasteiger partial charge is 0.322 e. The first-order valence-electron chi connectivity index (χ1n) is 10.5. The van der Waals surface area contributed by atoms with Crippen molar-refractivity contribution in [1.29, 1.82) is 0 Å². The number of aliphatic hydroxyl groups is 1. The average molecular weight is 465 g/mol. The zero-order chi connectivity index (χ0) is 23.2. The van der Waals surface area contributed by atoms with Gasteiger partial charge in [-0.2, -0.15) is 5.10 Å². The third-order valence-corrected chi connectivity index (χ3v) is 5.97. The van der Waals surface area contributed by atoms with Crippen molar-refractivity contribution < 1.29 is 14.6 Å². The number of aryl methyl sites for hydroxylation is 1. The van der Waals surface area contributed by atoms with E-state index in [2.05, 4.69) is 20.5 Å². The van der Waals surface area contributed by atoms with Crippen molar-refractivity contribution in [1.82, 2.24) is 20.5 Å². The zero-order valence-corrected chi connectivity index (χ0v) is 18.9. The molecule has 0 saturated carbocycles. The molecule has 0 aliphatic heterocycles. The van der Waals surface area contributed by atoms with Crippen LogP contribution in [-0.4, -0.2) is 39.3 Å². The summed E-state index contributed by atoms with van der Waals surface area (Å²) in [5.41, 5.74) is 3.42. The molecule has 0 bridgehead atoms. The lowest BCUT2D eigenvalue weighted by Gasteiger charge is -2.14. The van der Waals surface area contributed by atoms with Crippen molar-refractivity contribution in [3.05, 3.63) is 86.1 Å². The maximum atomic E-state index is 12.5. The number of pyridine rings is 1. The number of rotatable bonds is 9. The summed E-state index contributed by atoms with van der Waals surface area (Å²) in [5, 5.41) is 20.3.